The van der Waals surface area contributed by atoms with Crippen LogP contribution in [0.2, 0.25) is 0 Å². The van der Waals surface area contributed by atoms with Gasteiger partial charge in [-0.3, -0.25) is 14.2 Å². The van der Waals surface area contributed by atoms with Crippen molar-refractivity contribution in [3.05, 3.63) is 41.6 Å². The van der Waals surface area contributed by atoms with Crippen molar-refractivity contribution < 1.29 is 71.5 Å². The second kappa shape index (κ2) is 8.61. The van der Waals surface area contributed by atoms with Crippen molar-refractivity contribution in [2.24, 2.45) is 0 Å². The Hall–Kier alpha value is -1.60. The van der Waals surface area contributed by atoms with Crippen molar-refractivity contribution in [2.45, 2.75) is 18.5 Å². The van der Waals surface area contributed by atoms with E-state index in [2.05, 4.69) is 0 Å². The predicted octanol–water partition coefficient (Wildman–Crippen LogP) is -0.973. The molecule has 0 saturated heterocycles. The molecular formula is C14H14F3N2NaO6S. The molecule has 0 spiro atoms. The van der Waals surface area contributed by atoms with Crippen LogP contribution in [0.3, 0.4) is 0 Å². The number of alkyl halides is 3. The van der Waals surface area contributed by atoms with Gasteiger partial charge in [-0.05, 0) is 31.2 Å². The summed E-state index contributed by atoms with van der Waals surface area (Å²) in [6.07, 6.45) is -4.86. The minimum atomic E-state index is -5.21. The number of carbonyl (C=O) groups is 2. The second-order valence-corrected chi connectivity index (χ2v) is 6.75. The van der Waals surface area contributed by atoms with Crippen molar-refractivity contribution >= 4 is 21.9 Å². The topological polar surface area (TPSA) is 113 Å². The Bertz CT molecular complexity index is 861. The summed E-state index contributed by atoms with van der Waals surface area (Å²) in [5.41, 5.74) is -1.28. The molecule has 2 rings (SSSR count). The second-order valence-electron chi connectivity index (χ2n) is 5.25. The van der Waals surface area contributed by atoms with Crippen LogP contribution in [0.4, 0.5) is 18.0 Å². The van der Waals surface area contributed by atoms with E-state index in [9.17, 15) is 31.2 Å². The minimum absolute atomic E-state index is 0. The summed E-state index contributed by atoms with van der Waals surface area (Å²) in [5.74, 6) is -0.0253. The van der Waals surface area contributed by atoms with Crippen molar-refractivity contribution in [3.63, 3.8) is 0 Å². The Balaban J connectivity index is 0.00000364. The fourth-order valence-electron chi connectivity index (χ4n) is 2.05. The van der Waals surface area contributed by atoms with Gasteiger partial charge in [0.15, 0.2) is 17.9 Å². The average molecular weight is 418 g/mol. The third-order valence-electron chi connectivity index (χ3n) is 3.35. The van der Waals surface area contributed by atoms with E-state index in [0.29, 0.717) is 10.5 Å². The number of rotatable bonds is 5. The molecule has 1 unspecified atom stereocenters. The van der Waals surface area contributed by atoms with E-state index in [0.717, 1.165) is 0 Å². The number of ketones is 1. The molecule has 1 aliphatic heterocycles. The molecule has 0 radical (unpaired) electrons. The maximum Gasteiger partial charge on any atom is 1.00 e. The molecule has 2 N–H and O–H groups in total. The molecule has 13 heteroatoms. The van der Waals surface area contributed by atoms with Crippen molar-refractivity contribution in [1.29, 1.82) is 0 Å². The molecule has 0 bridgehead atoms. The van der Waals surface area contributed by atoms with Gasteiger partial charge in [-0.1, -0.05) is 0 Å². The summed E-state index contributed by atoms with van der Waals surface area (Å²) in [6, 6.07) is 4.42. The summed E-state index contributed by atoms with van der Waals surface area (Å²) in [4.78, 5) is 23.4. The van der Waals surface area contributed by atoms with Gasteiger partial charge >= 0.3 is 41.8 Å². The molecule has 8 nitrogen and oxygen atoms in total. The van der Waals surface area contributed by atoms with Gasteiger partial charge < -0.3 is 11.5 Å². The summed E-state index contributed by atoms with van der Waals surface area (Å²) < 4.78 is 75.3. The van der Waals surface area contributed by atoms with Gasteiger partial charge in [0.05, 0.1) is 5.57 Å². The first-order valence-electron chi connectivity index (χ1n) is 6.96. The third-order valence-corrected chi connectivity index (χ3v) is 4.32. The maximum atomic E-state index is 13.0. The largest absolute Gasteiger partial charge is 1.00 e. The first-order chi connectivity index (χ1) is 11.9. The molecule has 1 heterocycles. The summed E-state index contributed by atoms with van der Waals surface area (Å²) >= 11 is 0. The van der Waals surface area contributed by atoms with E-state index in [1.807, 2.05) is 0 Å². The third kappa shape index (κ3) is 5.94. The zero-order valence-electron chi connectivity index (χ0n) is 15.1. The number of ether oxygens (including phenoxy) is 1. The van der Waals surface area contributed by atoms with Crippen LogP contribution in [-0.2, 0) is 10.1 Å². The zero-order chi connectivity index (χ0) is 19.7. The molecule has 1 aromatic rings. The number of hydrogen-bond donors (Lipinski definition) is 2. The number of nitrogens with zero attached hydrogens (tertiary/aromatic N) is 1. The van der Waals surface area contributed by atoms with Crippen molar-refractivity contribution in [3.8, 4) is 5.75 Å². The van der Waals surface area contributed by atoms with Crippen LogP contribution >= 0.6 is 0 Å². The molecule has 1 atom stereocenters. The monoisotopic (exact) mass is 418 g/mol. The number of halogens is 3. The molecule has 0 aromatic heterocycles. The summed E-state index contributed by atoms with van der Waals surface area (Å²) in [6.45, 7) is 0.687. The molecule has 1 aromatic carbocycles. The molecular weight excluding hydrogens is 404 g/mol. The zero-order valence-corrected chi connectivity index (χ0v) is 17.0. The van der Waals surface area contributed by atoms with Gasteiger partial charge in [-0.2, -0.15) is 21.6 Å². The number of hydrogen-bond acceptors (Lipinski definition) is 5. The van der Waals surface area contributed by atoms with Crippen molar-refractivity contribution in [1.82, 2.24) is 10.2 Å². The Labute approximate surface area is 175 Å². The smallest absolute Gasteiger partial charge is 1.00 e. The fourth-order valence-corrected chi connectivity index (χ4v) is 2.81. The van der Waals surface area contributed by atoms with E-state index < -0.39 is 40.0 Å². The number of Topliss-reactive ketones (excluding diaryl/α,β-unsaturated/α-hetero) is 1. The summed E-state index contributed by atoms with van der Waals surface area (Å²) in [5, 5.41) is -1.06. The van der Waals surface area contributed by atoms with Gasteiger partial charge in [-0.25, -0.2) is 4.79 Å². The Morgan fingerprint density at radius 3 is 2.33 bits per heavy atom. The quantitative estimate of drug-likeness (QED) is 0.361. The van der Waals surface area contributed by atoms with Gasteiger partial charge in [0, 0.05) is 11.8 Å². The van der Waals surface area contributed by atoms with Crippen LogP contribution in [0, 0.1) is 0 Å². The number of urea groups is 1. The molecule has 1 aliphatic rings. The number of carbonyl (C=O) groups excluding carboxylic acids is 2. The van der Waals surface area contributed by atoms with E-state index in [-0.39, 0.29) is 48.7 Å². The minimum Gasteiger partial charge on any atom is -1.00 e. The van der Waals surface area contributed by atoms with E-state index in [1.54, 1.807) is 5.32 Å². The molecule has 0 aliphatic carbocycles. The molecule has 0 saturated carbocycles. The standard InChI is InChI=1S/C14H13F3N2O6S.Na.H/c1-8(20)9-2-4-10(5-3-9)25-7-19-6-11(14(15,16)17)12(18-13(19)21)26(22,23)24;;/h2-6,12H,7H2,1H3,(H,18,21)(H,22,23,24);;/q;+1;-1. The number of amides is 2. The Morgan fingerprint density at radius 2 is 1.89 bits per heavy atom. The van der Waals surface area contributed by atoms with Crippen LogP contribution in [0.15, 0.2) is 36.0 Å². The molecule has 2 amide bonds. The maximum absolute atomic E-state index is 13.0. The van der Waals surface area contributed by atoms with E-state index >= 15 is 0 Å². The average Bonchev–Trinajstić information content (AvgIpc) is 2.51. The van der Waals surface area contributed by atoms with Gasteiger partial charge in [0.25, 0.3) is 10.1 Å². The van der Waals surface area contributed by atoms with Crippen LogP contribution in [0.1, 0.15) is 18.7 Å². The number of nitrogens with one attached hydrogen (secondary N) is 1. The van der Waals surface area contributed by atoms with Gasteiger partial charge in [0.2, 0.25) is 0 Å². The van der Waals surface area contributed by atoms with Gasteiger partial charge in [-0.15, -0.1) is 0 Å². The Kier molecular flexibility index (Phi) is 7.47. The first kappa shape index (κ1) is 23.4. The van der Waals surface area contributed by atoms with Crippen molar-refractivity contribution in [2.75, 3.05) is 6.73 Å². The van der Waals surface area contributed by atoms with Crippen LogP contribution in [-0.4, -0.2) is 48.0 Å². The SMILES string of the molecule is CC(=O)c1ccc(OCN2C=C(C(F)(F)F)C(S(=O)(=O)O)NC2=O)cc1.[H-].[Na+]. The number of benzene rings is 1. The van der Waals surface area contributed by atoms with Crippen LogP contribution in [0.5, 0.6) is 5.75 Å². The molecule has 27 heavy (non-hydrogen) atoms. The summed E-state index contributed by atoms with van der Waals surface area (Å²) in [7, 11) is -5.21. The molecule has 0 fully saturated rings. The molecule has 144 valence electrons. The first-order valence-corrected chi connectivity index (χ1v) is 8.46. The Morgan fingerprint density at radius 1 is 1.33 bits per heavy atom. The van der Waals surface area contributed by atoms with Gasteiger partial charge in [0.1, 0.15) is 5.75 Å². The van der Waals surface area contributed by atoms with Crippen LogP contribution < -0.4 is 39.6 Å². The van der Waals surface area contributed by atoms with E-state index in [4.69, 9.17) is 9.29 Å². The predicted molar refractivity (Wildman–Crippen MR) is 82.9 cm³/mol. The normalized spacial score (nSPS) is 17.5. The fraction of sp³-hybridized carbons (Fsp3) is 0.286. The van der Waals surface area contributed by atoms with Crippen LogP contribution in [0.25, 0.3) is 0 Å². The van der Waals surface area contributed by atoms with E-state index in [1.165, 1.54) is 31.2 Å².